The highest BCUT2D eigenvalue weighted by Gasteiger charge is 2.31. The summed E-state index contributed by atoms with van der Waals surface area (Å²) in [7, 11) is -3.45. The predicted molar refractivity (Wildman–Crippen MR) is 85.2 cm³/mol. The SMILES string of the molecule is Cc1cc(S(=O)(=O)NC(C)(C)CC(C)(C)C)sc1Br. The van der Waals surface area contributed by atoms with E-state index in [4.69, 9.17) is 0 Å². The molecule has 1 N–H and O–H groups in total. The molecule has 0 aliphatic heterocycles. The normalized spacial score (nSPS) is 13.8. The summed E-state index contributed by atoms with van der Waals surface area (Å²) in [5.74, 6) is 0. The van der Waals surface area contributed by atoms with Crippen molar-refractivity contribution in [2.24, 2.45) is 5.41 Å². The molecule has 0 saturated carbocycles. The first-order valence-corrected chi connectivity index (χ1v) is 9.22. The Morgan fingerprint density at radius 2 is 1.79 bits per heavy atom. The second-order valence-electron chi connectivity index (χ2n) is 6.75. The highest BCUT2D eigenvalue weighted by molar-refractivity contribution is 9.11. The summed E-state index contributed by atoms with van der Waals surface area (Å²) in [6.07, 6.45) is 0.769. The lowest BCUT2D eigenvalue weighted by Crippen LogP contribution is -2.45. The average molecular weight is 368 g/mol. The van der Waals surface area contributed by atoms with E-state index in [1.165, 1.54) is 11.3 Å². The number of thiophene rings is 1. The van der Waals surface area contributed by atoms with Crippen LogP contribution in [0.15, 0.2) is 14.1 Å². The van der Waals surface area contributed by atoms with Gasteiger partial charge in [0.1, 0.15) is 4.21 Å². The molecule has 1 rings (SSSR count). The molecule has 0 aliphatic carbocycles. The molecule has 1 aromatic rings. The monoisotopic (exact) mass is 367 g/mol. The van der Waals surface area contributed by atoms with Gasteiger partial charge in [0.05, 0.1) is 3.79 Å². The number of nitrogens with one attached hydrogen (secondary N) is 1. The van der Waals surface area contributed by atoms with Crippen molar-refractivity contribution in [1.29, 1.82) is 0 Å². The topological polar surface area (TPSA) is 46.2 Å². The van der Waals surface area contributed by atoms with E-state index in [9.17, 15) is 8.42 Å². The van der Waals surface area contributed by atoms with E-state index in [2.05, 4.69) is 41.4 Å². The number of halogens is 1. The molecule has 0 amide bonds. The second kappa shape index (κ2) is 5.47. The molecule has 0 fully saturated rings. The van der Waals surface area contributed by atoms with Crippen molar-refractivity contribution in [3.63, 3.8) is 0 Å². The van der Waals surface area contributed by atoms with Crippen molar-refractivity contribution < 1.29 is 8.42 Å². The average Bonchev–Trinajstić information content (AvgIpc) is 2.40. The summed E-state index contributed by atoms with van der Waals surface area (Å²) in [4.78, 5) is 0. The van der Waals surface area contributed by atoms with Gasteiger partial charge < -0.3 is 0 Å². The predicted octanol–water partition coefficient (Wildman–Crippen LogP) is 4.31. The summed E-state index contributed by atoms with van der Waals surface area (Å²) in [5.41, 5.74) is 0.540. The Labute approximate surface area is 129 Å². The maximum absolute atomic E-state index is 12.4. The van der Waals surface area contributed by atoms with Crippen molar-refractivity contribution in [3.05, 3.63) is 15.4 Å². The number of rotatable bonds is 4. The Hall–Kier alpha value is 0.0900. The molecular weight excluding hydrogens is 346 g/mol. The lowest BCUT2D eigenvalue weighted by molar-refractivity contribution is 0.269. The van der Waals surface area contributed by atoms with E-state index >= 15 is 0 Å². The van der Waals surface area contributed by atoms with Gasteiger partial charge in [-0.05, 0) is 60.2 Å². The summed E-state index contributed by atoms with van der Waals surface area (Å²) < 4.78 is 28.8. The molecule has 1 aromatic heterocycles. The van der Waals surface area contributed by atoms with E-state index in [-0.39, 0.29) is 5.41 Å². The number of hydrogen-bond acceptors (Lipinski definition) is 3. The molecular formula is C13H22BrNO2S2. The molecule has 0 saturated heterocycles. The standard InChI is InChI=1S/C13H22BrNO2S2/c1-9-7-10(18-11(9)14)19(16,17)15-13(5,6)8-12(2,3)4/h7,15H,8H2,1-6H3. The largest absolute Gasteiger partial charge is 0.250 e. The van der Waals surface area contributed by atoms with Crippen LogP contribution in [-0.2, 0) is 10.0 Å². The van der Waals surface area contributed by atoms with E-state index in [0.717, 1.165) is 15.8 Å². The van der Waals surface area contributed by atoms with E-state index < -0.39 is 15.6 Å². The fourth-order valence-corrected chi connectivity index (χ4v) is 5.98. The summed E-state index contributed by atoms with van der Waals surface area (Å²) in [5, 5.41) is 0. The van der Waals surface area contributed by atoms with E-state index in [1.807, 2.05) is 20.8 Å². The van der Waals surface area contributed by atoms with Crippen molar-refractivity contribution in [1.82, 2.24) is 4.72 Å². The van der Waals surface area contributed by atoms with Crippen LogP contribution in [0.4, 0.5) is 0 Å². The molecule has 6 heteroatoms. The molecule has 0 spiro atoms. The number of hydrogen-bond donors (Lipinski definition) is 1. The fourth-order valence-electron chi connectivity index (χ4n) is 2.34. The minimum atomic E-state index is -3.45. The van der Waals surface area contributed by atoms with Crippen LogP contribution in [0.3, 0.4) is 0 Å². The second-order valence-corrected chi connectivity index (χ2v) is 11.0. The fraction of sp³-hybridized carbons (Fsp3) is 0.692. The third kappa shape index (κ3) is 5.17. The van der Waals surface area contributed by atoms with Crippen LogP contribution in [-0.4, -0.2) is 14.0 Å². The Balaban J connectivity index is 2.97. The number of sulfonamides is 1. The minimum absolute atomic E-state index is 0.0674. The van der Waals surface area contributed by atoms with Gasteiger partial charge in [-0.1, -0.05) is 20.8 Å². The molecule has 110 valence electrons. The first kappa shape index (κ1) is 17.1. The summed E-state index contributed by atoms with van der Waals surface area (Å²) >= 11 is 4.61. The van der Waals surface area contributed by atoms with Crippen LogP contribution in [0.25, 0.3) is 0 Å². The Bertz CT molecular complexity index is 534. The van der Waals surface area contributed by atoms with Crippen molar-refractivity contribution in [2.45, 2.75) is 57.7 Å². The highest BCUT2D eigenvalue weighted by atomic mass is 79.9. The summed E-state index contributed by atoms with van der Waals surface area (Å²) in [6.45, 7) is 12.1. The molecule has 0 unspecified atom stereocenters. The van der Waals surface area contributed by atoms with Gasteiger partial charge >= 0.3 is 0 Å². The maximum atomic E-state index is 12.4. The molecule has 0 bridgehead atoms. The van der Waals surface area contributed by atoms with Gasteiger partial charge in [0.25, 0.3) is 10.0 Å². The van der Waals surface area contributed by atoms with Crippen LogP contribution >= 0.6 is 27.3 Å². The maximum Gasteiger partial charge on any atom is 0.250 e. The van der Waals surface area contributed by atoms with Crippen LogP contribution in [0.2, 0.25) is 0 Å². The van der Waals surface area contributed by atoms with Crippen LogP contribution in [0.5, 0.6) is 0 Å². The first-order valence-electron chi connectivity index (χ1n) is 6.12. The zero-order valence-electron chi connectivity index (χ0n) is 12.3. The van der Waals surface area contributed by atoms with Crippen molar-refractivity contribution >= 4 is 37.3 Å². The molecule has 0 aromatic carbocycles. The lowest BCUT2D eigenvalue weighted by atomic mass is 9.82. The lowest BCUT2D eigenvalue weighted by Gasteiger charge is -2.32. The Kier molecular flexibility index (Phi) is 4.93. The minimum Gasteiger partial charge on any atom is -0.206 e. The molecule has 3 nitrogen and oxygen atoms in total. The zero-order chi connectivity index (χ0) is 15.1. The van der Waals surface area contributed by atoms with Gasteiger partial charge in [-0.2, -0.15) is 0 Å². The highest BCUT2D eigenvalue weighted by Crippen LogP contribution is 2.33. The zero-order valence-corrected chi connectivity index (χ0v) is 15.5. The molecule has 0 atom stereocenters. The van der Waals surface area contributed by atoms with Gasteiger partial charge in [0.15, 0.2) is 0 Å². The molecule has 1 heterocycles. The van der Waals surface area contributed by atoms with Gasteiger partial charge in [-0.15, -0.1) is 11.3 Å². The Morgan fingerprint density at radius 3 is 2.16 bits per heavy atom. The third-order valence-corrected chi connectivity index (χ3v) is 6.79. The van der Waals surface area contributed by atoms with Crippen LogP contribution < -0.4 is 4.72 Å². The van der Waals surface area contributed by atoms with Crippen LogP contribution in [0, 0.1) is 12.3 Å². The van der Waals surface area contributed by atoms with Gasteiger partial charge in [-0.3, -0.25) is 0 Å². The third-order valence-electron chi connectivity index (χ3n) is 2.48. The Morgan fingerprint density at radius 1 is 1.26 bits per heavy atom. The van der Waals surface area contributed by atoms with Crippen LogP contribution in [0.1, 0.15) is 46.6 Å². The van der Waals surface area contributed by atoms with E-state index in [0.29, 0.717) is 4.21 Å². The van der Waals surface area contributed by atoms with E-state index in [1.54, 1.807) is 6.07 Å². The summed E-state index contributed by atoms with van der Waals surface area (Å²) in [6, 6.07) is 1.70. The van der Waals surface area contributed by atoms with Gasteiger partial charge in [0.2, 0.25) is 0 Å². The smallest absolute Gasteiger partial charge is 0.206 e. The quantitative estimate of drug-likeness (QED) is 0.861. The first-order chi connectivity index (χ1) is 8.32. The molecule has 0 radical (unpaired) electrons. The van der Waals surface area contributed by atoms with Gasteiger partial charge in [-0.25, -0.2) is 13.1 Å². The van der Waals surface area contributed by atoms with Crippen molar-refractivity contribution in [3.8, 4) is 0 Å². The number of aryl methyl sites for hydroxylation is 1. The molecule has 19 heavy (non-hydrogen) atoms. The molecule has 0 aliphatic rings. The van der Waals surface area contributed by atoms with Crippen molar-refractivity contribution in [2.75, 3.05) is 0 Å². The van der Waals surface area contributed by atoms with Gasteiger partial charge in [0, 0.05) is 5.54 Å².